The first-order chi connectivity index (χ1) is 6.31. The zero-order chi connectivity index (χ0) is 9.26. The van der Waals surface area contributed by atoms with E-state index in [1.807, 2.05) is 6.07 Å². The largest absolute Gasteiger partial charge is 0.465 e. The maximum atomic E-state index is 11.2. The number of thioether (sulfide) groups is 1. The molecule has 0 unspecified atom stereocenters. The van der Waals surface area contributed by atoms with Gasteiger partial charge in [0.15, 0.2) is 0 Å². The van der Waals surface area contributed by atoms with Crippen molar-refractivity contribution in [2.75, 3.05) is 24.7 Å². The number of anilines is 1. The van der Waals surface area contributed by atoms with Crippen LogP contribution in [0, 0.1) is 0 Å². The molecule has 70 valence electrons. The predicted molar refractivity (Wildman–Crippen MR) is 54.9 cm³/mol. The summed E-state index contributed by atoms with van der Waals surface area (Å²) in [5.74, 6) is 0.815. The maximum absolute atomic E-state index is 11.2. The molecule has 0 spiro atoms. The number of thiophene rings is 1. The third-order valence-electron chi connectivity index (χ3n) is 1.74. The van der Waals surface area contributed by atoms with Crippen LogP contribution >= 0.6 is 23.1 Å². The quantitative estimate of drug-likeness (QED) is 0.728. The number of esters is 1. The lowest BCUT2D eigenvalue weighted by Gasteiger charge is -2.11. The van der Waals surface area contributed by atoms with Gasteiger partial charge in [0, 0.05) is 12.3 Å². The molecule has 2 rings (SSSR count). The minimum atomic E-state index is -0.248. The fourth-order valence-corrected chi connectivity index (χ4v) is 3.35. The van der Waals surface area contributed by atoms with E-state index in [1.165, 1.54) is 22.7 Å². The van der Waals surface area contributed by atoms with Gasteiger partial charge in [0.2, 0.25) is 0 Å². The molecule has 1 aliphatic heterocycles. The number of hydrogen-bond acceptors (Lipinski definition) is 5. The van der Waals surface area contributed by atoms with Crippen molar-refractivity contribution in [3.63, 3.8) is 0 Å². The van der Waals surface area contributed by atoms with Crippen molar-refractivity contribution in [2.45, 2.75) is 4.21 Å². The Morgan fingerprint density at radius 3 is 3.23 bits per heavy atom. The molecule has 0 atom stereocenters. The van der Waals surface area contributed by atoms with Crippen LogP contribution in [0.5, 0.6) is 0 Å². The van der Waals surface area contributed by atoms with Gasteiger partial charge in [-0.15, -0.1) is 23.1 Å². The summed E-state index contributed by atoms with van der Waals surface area (Å²) < 4.78 is 5.84. The van der Waals surface area contributed by atoms with Crippen molar-refractivity contribution in [1.82, 2.24) is 0 Å². The van der Waals surface area contributed by atoms with E-state index in [2.05, 4.69) is 10.1 Å². The van der Waals surface area contributed by atoms with Crippen LogP contribution in [0.1, 0.15) is 9.67 Å². The molecule has 1 aromatic heterocycles. The average molecular weight is 215 g/mol. The summed E-state index contributed by atoms with van der Waals surface area (Å²) in [6.07, 6.45) is 0. The first kappa shape index (κ1) is 8.90. The lowest BCUT2D eigenvalue weighted by molar-refractivity contribution is 0.0606. The lowest BCUT2D eigenvalue weighted by Crippen LogP contribution is -2.07. The number of fused-ring (bicyclic) bond motifs is 1. The van der Waals surface area contributed by atoms with E-state index in [1.54, 1.807) is 11.8 Å². The zero-order valence-corrected chi connectivity index (χ0v) is 8.76. The van der Waals surface area contributed by atoms with Gasteiger partial charge < -0.3 is 10.1 Å². The Morgan fingerprint density at radius 1 is 1.69 bits per heavy atom. The summed E-state index contributed by atoms with van der Waals surface area (Å²) in [5.41, 5.74) is 1.07. The molecule has 1 aliphatic rings. The Bertz CT molecular complexity index is 311. The standard InChI is InChI=1S/C8H9NO2S2/c1-11-7(10)6-4-5-8(13-6)12-3-2-9-5/h4,9H,2-3H2,1H3. The number of nitrogens with one attached hydrogen (secondary N) is 1. The number of carbonyl (C=O) groups excluding carboxylic acids is 1. The molecule has 0 radical (unpaired) electrons. The fraction of sp³-hybridized carbons (Fsp3) is 0.375. The molecule has 0 fully saturated rings. The summed E-state index contributed by atoms with van der Waals surface area (Å²) in [6.45, 7) is 0.967. The Balaban J connectivity index is 2.30. The van der Waals surface area contributed by atoms with E-state index in [9.17, 15) is 4.79 Å². The van der Waals surface area contributed by atoms with Crippen LogP contribution in [0.2, 0.25) is 0 Å². The predicted octanol–water partition coefficient (Wildman–Crippen LogP) is 2.05. The fourth-order valence-electron chi connectivity index (χ4n) is 1.14. The Kier molecular flexibility index (Phi) is 2.46. The van der Waals surface area contributed by atoms with Gasteiger partial charge >= 0.3 is 5.97 Å². The second-order valence-corrected chi connectivity index (χ2v) is 4.99. The third kappa shape index (κ3) is 1.66. The highest BCUT2D eigenvalue weighted by atomic mass is 32.2. The van der Waals surface area contributed by atoms with E-state index in [0.29, 0.717) is 4.88 Å². The van der Waals surface area contributed by atoms with Gasteiger partial charge in [0.05, 0.1) is 17.0 Å². The summed E-state index contributed by atoms with van der Waals surface area (Å²) in [4.78, 5) is 11.9. The van der Waals surface area contributed by atoms with E-state index in [-0.39, 0.29) is 5.97 Å². The van der Waals surface area contributed by atoms with Gasteiger partial charge in [0.1, 0.15) is 4.88 Å². The highest BCUT2D eigenvalue weighted by molar-refractivity contribution is 8.01. The molecule has 0 aromatic carbocycles. The first-order valence-electron chi connectivity index (χ1n) is 3.90. The zero-order valence-electron chi connectivity index (χ0n) is 7.12. The minimum Gasteiger partial charge on any atom is -0.465 e. The SMILES string of the molecule is COC(=O)c1cc2c(s1)SCCN2. The first-order valence-corrected chi connectivity index (χ1v) is 5.70. The van der Waals surface area contributed by atoms with Crippen molar-refractivity contribution < 1.29 is 9.53 Å². The molecular formula is C8H9NO2S2. The van der Waals surface area contributed by atoms with Gasteiger partial charge in [-0.1, -0.05) is 0 Å². The maximum Gasteiger partial charge on any atom is 0.348 e. The summed E-state index contributed by atoms with van der Waals surface area (Å²) in [6, 6.07) is 1.86. The highest BCUT2D eigenvalue weighted by Gasteiger charge is 2.17. The van der Waals surface area contributed by atoms with Gasteiger partial charge in [-0.25, -0.2) is 4.79 Å². The van der Waals surface area contributed by atoms with Crippen LogP contribution in [0.3, 0.4) is 0 Å². The van der Waals surface area contributed by atoms with Crippen molar-refractivity contribution >= 4 is 34.8 Å². The minimum absolute atomic E-state index is 0.248. The molecule has 13 heavy (non-hydrogen) atoms. The average Bonchev–Trinajstić information content (AvgIpc) is 2.59. The smallest absolute Gasteiger partial charge is 0.348 e. The molecule has 1 N–H and O–H groups in total. The van der Waals surface area contributed by atoms with Crippen LogP contribution in [-0.4, -0.2) is 25.4 Å². The van der Waals surface area contributed by atoms with Gasteiger partial charge in [-0.2, -0.15) is 0 Å². The van der Waals surface area contributed by atoms with E-state index in [4.69, 9.17) is 0 Å². The summed E-state index contributed by atoms with van der Waals surface area (Å²) >= 11 is 3.28. The van der Waals surface area contributed by atoms with Crippen LogP contribution in [0.4, 0.5) is 5.69 Å². The molecule has 0 bridgehead atoms. The van der Waals surface area contributed by atoms with Crippen LogP contribution in [0.15, 0.2) is 10.3 Å². The second-order valence-electron chi connectivity index (χ2n) is 2.58. The van der Waals surface area contributed by atoms with Crippen molar-refractivity contribution in [3.8, 4) is 0 Å². The number of methoxy groups -OCH3 is 1. The molecular weight excluding hydrogens is 206 g/mol. The number of rotatable bonds is 1. The molecule has 0 saturated heterocycles. The monoisotopic (exact) mass is 215 g/mol. The van der Waals surface area contributed by atoms with Gasteiger partial charge in [-0.3, -0.25) is 0 Å². The highest BCUT2D eigenvalue weighted by Crippen LogP contribution is 2.38. The normalized spacial score (nSPS) is 14.5. The van der Waals surface area contributed by atoms with Crippen LogP contribution < -0.4 is 5.32 Å². The Hall–Kier alpha value is -0.680. The van der Waals surface area contributed by atoms with Crippen molar-refractivity contribution in [3.05, 3.63) is 10.9 Å². The summed E-state index contributed by atoms with van der Waals surface area (Å²) in [7, 11) is 1.40. The molecule has 2 heterocycles. The van der Waals surface area contributed by atoms with Crippen LogP contribution in [0.25, 0.3) is 0 Å². The topological polar surface area (TPSA) is 38.3 Å². The second kappa shape index (κ2) is 3.59. The van der Waals surface area contributed by atoms with Gasteiger partial charge in [-0.05, 0) is 6.07 Å². The van der Waals surface area contributed by atoms with Crippen molar-refractivity contribution in [1.29, 1.82) is 0 Å². The Labute approximate surface area is 84.5 Å². The summed E-state index contributed by atoms with van der Waals surface area (Å²) in [5, 5.41) is 3.24. The third-order valence-corrected chi connectivity index (χ3v) is 4.14. The van der Waals surface area contributed by atoms with E-state index >= 15 is 0 Å². The number of hydrogen-bond donors (Lipinski definition) is 1. The molecule has 1 aromatic rings. The van der Waals surface area contributed by atoms with E-state index in [0.717, 1.165) is 18.0 Å². The van der Waals surface area contributed by atoms with Crippen molar-refractivity contribution in [2.24, 2.45) is 0 Å². The Morgan fingerprint density at radius 2 is 2.54 bits per heavy atom. The molecule has 5 heteroatoms. The molecule has 3 nitrogen and oxygen atoms in total. The number of carbonyl (C=O) groups is 1. The van der Waals surface area contributed by atoms with Gasteiger partial charge in [0.25, 0.3) is 0 Å². The van der Waals surface area contributed by atoms with Crippen LogP contribution in [-0.2, 0) is 4.74 Å². The molecule has 0 saturated carbocycles. The van der Waals surface area contributed by atoms with E-state index < -0.39 is 0 Å². The molecule has 0 aliphatic carbocycles. The molecule has 0 amide bonds. The number of ether oxygens (including phenoxy) is 1. The lowest BCUT2D eigenvalue weighted by atomic mass is 10.4.